The number of rotatable bonds is 4. The van der Waals surface area contributed by atoms with Crippen molar-refractivity contribution in [2.24, 2.45) is 0 Å². The Kier molecular flexibility index (Phi) is 4.15. The number of aryl methyl sites for hydroxylation is 1. The molecule has 2 nitrogen and oxygen atoms in total. The van der Waals surface area contributed by atoms with Crippen LogP contribution in [0.3, 0.4) is 0 Å². The molecular formula is C15H17NOS. The minimum atomic E-state index is 0.0174. The maximum Gasteiger partial charge on any atom is 0.261 e. The minimum Gasteiger partial charge on any atom is -0.345 e. The van der Waals surface area contributed by atoms with Crippen LogP contribution in [0.5, 0.6) is 0 Å². The minimum absolute atomic E-state index is 0.0174. The van der Waals surface area contributed by atoms with Gasteiger partial charge in [0.05, 0.1) is 10.9 Å². The highest BCUT2D eigenvalue weighted by molar-refractivity contribution is 7.13. The Hall–Kier alpha value is -1.61. The summed E-state index contributed by atoms with van der Waals surface area (Å²) in [5.74, 6) is 0.0174. The van der Waals surface area contributed by atoms with Gasteiger partial charge in [0.2, 0.25) is 0 Å². The first-order valence-corrected chi connectivity index (χ1v) is 6.94. The van der Waals surface area contributed by atoms with Gasteiger partial charge in [0.25, 0.3) is 5.91 Å². The van der Waals surface area contributed by atoms with Gasteiger partial charge in [-0.3, -0.25) is 4.79 Å². The zero-order valence-electron chi connectivity index (χ0n) is 10.6. The summed E-state index contributed by atoms with van der Waals surface area (Å²) >= 11 is 1.53. The lowest BCUT2D eigenvalue weighted by molar-refractivity contribution is 0.0939. The van der Waals surface area contributed by atoms with Gasteiger partial charge in [-0.1, -0.05) is 37.3 Å². The van der Waals surface area contributed by atoms with Crippen molar-refractivity contribution in [2.75, 3.05) is 0 Å². The summed E-state index contributed by atoms with van der Waals surface area (Å²) in [4.78, 5) is 14.0. The maximum absolute atomic E-state index is 12.1. The highest BCUT2D eigenvalue weighted by atomic mass is 32.1. The van der Waals surface area contributed by atoms with Crippen molar-refractivity contribution in [3.63, 3.8) is 0 Å². The molecule has 1 aromatic carbocycles. The Morgan fingerprint density at radius 2 is 1.94 bits per heavy atom. The molecule has 0 bridgehead atoms. The van der Waals surface area contributed by atoms with E-state index in [1.165, 1.54) is 11.3 Å². The van der Waals surface area contributed by atoms with Crippen molar-refractivity contribution in [1.82, 2.24) is 5.32 Å². The molecule has 18 heavy (non-hydrogen) atoms. The van der Waals surface area contributed by atoms with Gasteiger partial charge in [-0.25, -0.2) is 0 Å². The highest BCUT2D eigenvalue weighted by Gasteiger charge is 2.14. The Morgan fingerprint density at radius 3 is 2.50 bits per heavy atom. The molecule has 0 radical (unpaired) electrons. The Bertz CT molecular complexity index is 518. The average molecular weight is 259 g/mol. The van der Waals surface area contributed by atoms with Crippen molar-refractivity contribution < 1.29 is 4.79 Å². The van der Waals surface area contributed by atoms with E-state index in [1.54, 1.807) is 0 Å². The summed E-state index contributed by atoms with van der Waals surface area (Å²) in [6, 6.07) is 14.0. The van der Waals surface area contributed by atoms with E-state index in [9.17, 15) is 4.79 Å². The fourth-order valence-electron chi connectivity index (χ4n) is 1.89. The molecule has 1 aromatic heterocycles. The lowest BCUT2D eigenvalue weighted by atomic mass is 10.0. The van der Waals surface area contributed by atoms with E-state index in [2.05, 4.69) is 12.2 Å². The average Bonchev–Trinajstić information content (AvgIpc) is 2.83. The van der Waals surface area contributed by atoms with Crippen LogP contribution in [0.1, 0.15) is 39.5 Å². The number of benzene rings is 1. The third-order valence-corrected chi connectivity index (χ3v) is 3.88. The van der Waals surface area contributed by atoms with Gasteiger partial charge >= 0.3 is 0 Å². The number of nitrogens with one attached hydrogen (secondary N) is 1. The molecule has 0 aliphatic rings. The van der Waals surface area contributed by atoms with Crippen LogP contribution in [0.15, 0.2) is 42.5 Å². The van der Waals surface area contributed by atoms with Gasteiger partial charge in [0.1, 0.15) is 0 Å². The van der Waals surface area contributed by atoms with Crippen LogP contribution >= 0.6 is 11.3 Å². The number of carbonyl (C=O) groups is 1. The summed E-state index contributed by atoms with van der Waals surface area (Å²) in [6.45, 7) is 4.09. The van der Waals surface area contributed by atoms with Crippen LogP contribution in [0.4, 0.5) is 0 Å². The second-order valence-corrected chi connectivity index (χ2v) is 5.54. The first-order chi connectivity index (χ1) is 8.70. The number of carbonyl (C=O) groups excluding carboxylic acids is 1. The molecule has 0 spiro atoms. The summed E-state index contributed by atoms with van der Waals surface area (Å²) in [5, 5.41) is 3.08. The summed E-state index contributed by atoms with van der Waals surface area (Å²) in [5.41, 5.74) is 1.15. The smallest absolute Gasteiger partial charge is 0.261 e. The van der Waals surface area contributed by atoms with E-state index >= 15 is 0 Å². The molecule has 2 rings (SSSR count). The fourth-order valence-corrected chi connectivity index (χ4v) is 2.66. The molecule has 0 saturated carbocycles. The number of thiophene rings is 1. The van der Waals surface area contributed by atoms with Gasteiger partial charge in [0.15, 0.2) is 0 Å². The van der Waals surface area contributed by atoms with E-state index < -0.39 is 0 Å². The lowest BCUT2D eigenvalue weighted by Gasteiger charge is -2.16. The molecule has 2 aromatic rings. The Balaban J connectivity index is 2.10. The quantitative estimate of drug-likeness (QED) is 0.885. The molecule has 1 heterocycles. The molecule has 0 fully saturated rings. The molecule has 0 unspecified atom stereocenters. The van der Waals surface area contributed by atoms with E-state index in [0.717, 1.165) is 21.7 Å². The van der Waals surface area contributed by atoms with Crippen molar-refractivity contribution in [2.45, 2.75) is 26.3 Å². The molecule has 94 valence electrons. The predicted molar refractivity (Wildman–Crippen MR) is 76.0 cm³/mol. The van der Waals surface area contributed by atoms with Gasteiger partial charge in [0, 0.05) is 4.88 Å². The molecule has 0 saturated heterocycles. The topological polar surface area (TPSA) is 29.1 Å². The van der Waals surface area contributed by atoms with Gasteiger partial charge < -0.3 is 5.32 Å². The first-order valence-electron chi connectivity index (χ1n) is 6.13. The number of hydrogen-bond donors (Lipinski definition) is 1. The fraction of sp³-hybridized carbons (Fsp3) is 0.267. The van der Waals surface area contributed by atoms with E-state index in [-0.39, 0.29) is 11.9 Å². The van der Waals surface area contributed by atoms with Crippen LogP contribution in [0, 0.1) is 6.92 Å². The lowest BCUT2D eigenvalue weighted by Crippen LogP contribution is -2.27. The van der Waals surface area contributed by atoms with E-state index in [4.69, 9.17) is 0 Å². The third kappa shape index (κ3) is 2.99. The van der Waals surface area contributed by atoms with Gasteiger partial charge in [-0.2, -0.15) is 0 Å². The Morgan fingerprint density at radius 1 is 1.22 bits per heavy atom. The van der Waals surface area contributed by atoms with Crippen LogP contribution in [0.2, 0.25) is 0 Å². The second kappa shape index (κ2) is 5.83. The van der Waals surface area contributed by atoms with Crippen LogP contribution in [-0.2, 0) is 0 Å². The standard InChI is InChI=1S/C15H17NOS/c1-3-13(12-7-5-4-6-8-12)16-15(17)14-10-9-11(2)18-14/h4-10,13H,3H2,1-2H3,(H,16,17)/t13-/m1/s1. The monoisotopic (exact) mass is 259 g/mol. The summed E-state index contributed by atoms with van der Waals surface area (Å²) in [6.07, 6.45) is 0.889. The Labute approximate surface area is 112 Å². The van der Waals surface area contributed by atoms with E-state index in [1.807, 2.05) is 49.4 Å². The zero-order valence-corrected chi connectivity index (χ0v) is 11.5. The first kappa shape index (κ1) is 12.8. The SMILES string of the molecule is CC[C@@H](NC(=O)c1ccc(C)s1)c1ccccc1. The normalized spacial score (nSPS) is 12.1. The van der Waals surface area contributed by atoms with Crippen LogP contribution in [-0.4, -0.2) is 5.91 Å². The van der Waals surface area contributed by atoms with Crippen molar-refractivity contribution in [3.8, 4) is 0 Å². The molecule has 1 N–H and O–H groups in total. The second-order valence-electron chi connectivity index (χ2n) is 4.26. The molecule has 0 aliphatic heterocycles. The van der Waals surface area contributed by atoms with Crippen molar-refractivity contribution >= 4 is 17.2 Å². The summed E-state index contributed by atoms with van der Waals surface area (Å²) in [7, 11) is 0. The maximum atomic E-state index is 12.1. The highest BCUT2D eigenvalue weighted by Crippen LogP contribution is 2.19. The van der Waals surface area contributed by atoms with Crippen LogP contribution < -0.4 is 5.32 Å². The van der Waals surface area contributed by atoms with E-state index in [0.29, 0.717) is 0 Å². The summed E-state index contributed by atoms with van der Waals surface area (Å²) < 4.78 is 0. The number of hydrogen-bond acceptors (Lipinski definition) is 2. The zero-order chi connectivity index (χ0) is 13.0. The predicted octanol–water partition coefficient (Wildman–Crippen LogP) is 3.94. The van der Waals surface area contributed by atoms with Gasteiger partial charge in [-0.15, -0.1) is 11.3 Å². The van der Waals surface area contributed by atoms with Crippen LogP contribution in [0.25, 0.3) is 0 Å². The van der Waals surface area contributed by atoms with Crippen molar-refractivity contribution in [3.05, 3.63) is 57.8 Å². The van der Waals surface area contributed by atoms with Gasteiger partial charge in [-0.05, 0) is 31.0 Å². The number of amides is 1. The largest absolute Gasteiger partial charge is 0.345 e. The molecule has 3 heteroatoms. The van der Waals surface area contributed by atoms with Crippen molar-refractivity contribution in [1.29, 1.82) is 0 Å². The molecule has 1 amide bonds. The molecule has 0 aliphatic carbocycles. The molecule has 1 atom stereocenters. The molecular weight excluding hydrogens is 242 g/mol. The third-order valence-electron chi connectivity index (χ3n) is 2.88.